The lowest BCUT2D eigenvalue weighted by Crippen LogP contribution is -2.18. The maximum absolute atomic E-state index is 11.3. The summed E-state index contributed by atoms with van der Waals surface area (Å²) < 4.78 is 4.65. The van der Waals surface area contributed by atoms with Gasteiger partial charge in [-0.25, -0.2) is 0 Å². The Bertz CT molecular complexity index is 457. The van der Waals surface area contributed by atoms with Crippen LogP contribution in [0.5, 0.6) is 0 Å². The Morgan fingerprint density at radius 2 is 2.00 bits per heavy atom. The summed E-state index contributed by atoms with van der Waals surface area (Å²) in [5, 5.41) is 13.3. The fraction of sp³-hybridized carbons (Fsp3) is 0.364. The smallest absolute Gasteiger partial charge is 0.293 e. The first kappa shape index (κ1) is 13.1. The molecule has 0 aliphatic heterocycles. The molecule has 0 aliphatic rings. The molecule has 0 spiro atoms. The lowest BCUT2D eigenvalue weighted by Gasteiger charge is -2.08. The van der Waals surface area contributed by atoms with Crippen molar-refractivity contribution in [2.45, 2.75) is 13.8 Å². The average molecular weight is 238 g/mol. The number of ether oxygens (including phenoxy) is 1. The summed E-state index contributed by atoms with van der Waals surface area (Å²) in [5.41, 5.74) is 1.77. The molecule has 1 aromatic rings. The number of anilines is 1. The van der Waals surface area contributed by atoms with E-state index in [2.05, 4.69) is 10.1 Å². The molecule has 0 saturated heterocycles. The Morgan fingerprint density at radius 1 is 1.41 bits per heavy atom. The lowest BCUT2D eigenvalue weighted by atomic mass is 10.1. The molecule has 1 rings (SSSR count). The number of benzene rings is 1. The minimum atomic E-state index is -0.519. The van der Waals surface area contributed by atoms with Gasteiger partial charge < -0.3 is 10.1 Å². The van der Waals surface area contributed by atoms with Crippen molar-refractivity contribution in [3.63, 3.8) is 0 Å². The predicted octanol–water partition coefficient (Wildman–Crippen LogP) is 1.80. The van der Waals surface area contributed by atoms with Crippen LogP contribution in [-0.2, 0) is 9.53 Å². The summed E-state index contributed by atoms with van der Waals surface area (Å²) in [7, 11) is 1.38. The molecule has 0 fully saturated rings. The summed E-state index contributed by atoms with van der Waals surface area (Å²) >= 11 is 0. The second-order valence-corrected chi connectivity index (χ2v) is 3.69. The number of hydrogen-bond acceptors (Lipinski definition) is 4. The number of methoxy groups -OCH3 is 1. The molecule has 17 heavy (non-hydrogen) atoms. The largest absolute Gasteiger partial charge is 0.375 e. The standard InChI is InChI=1S/C11H14N2O4/c1-7-4-9(12-11(14)6-17-3)10(13(15)16)5-8(7)2/h4-5H,6H2,1-3H3,(H,12,14). The molecule has 6 heteroatoms. The number of carbonyl (C=O) groups excluding carboxylic acids is 1. The van der Waals surface area contributed by atoms with Gasteiger partial charge in [0.15, 0.2) is 0 Å². The van der Waals surface area contributed by atoms with Crippen molar-refractivity contribution in [1.82, 2.24) is 0 Å². The number of amides is 1. The molecule has 0 atom stereocenters. The van der Waals surface area contributed by atoms with E-state index in [9.17, 15) is 14.9 Å². The first-order valence-corrected chi connectivity index (χ1v) is 5.00. The first-order chi connectivity index (χ1) is 7.95. The van der Waals surface area contributed by atoms with Gasteiger partial charge in [-0.05, 0) is 31.0 Å². The van der Waals surface area contributed by atoms with Crippen LogP contribution in [0.1, 0.15) is 11.1 Å². The van der Waals surface area contributed by atoms with Gasteiger partial charge in [0.25, 0.3) is 11.6 Å². The fourth-order valence-corrected chi connectivity index (χ4v) is 1.37. The van der Waals surface area contributed by atoms with E-state index < -0.39 is 10.8 Å². The molecule has 0 bridgehead atoms. The molecule has 6 nitrogen and oxygen atoms in total. The van der Waals surface area contributed by atoms with Gasteiger partial charge in [0.1, 0.15) is 12.3 Å². The van der Waals surface area contributed by atoms with E-state index in [0.717, 1.165) is 11.1 Å². The second-order valence-electron chi connectivity index (χ2n) is 3.69. The molecular formula is C11H14N2O4. The number of carbonyl (C=O) groups is 1. The highest BCUT2D eigenvalue weighted by molar-refractivity contribution is 5.94. The monoisotopic (exact) mass is 238 g/mol. The molecule has 92 valence electrons. The van der Waals surface area contributed by atoms with Gasteiger partial charge >= 0.3 is 0 Å². The van der Waals surface area contributed by atoms with Gasteiger partial charge in [0.05, 0.1) is 4.92 Å². The number of nitrogens with zero attached hydrogens (tertiary/aromatic N) is 1. The molecule has 1 amide bonds. The minimum absolute atomic E-state index is 0.113. The molecule has 0 radical (unpaired) electrons. The molecule has 1 N–H and O–H groups in total. The van der Waals surface area contributed by atoms with Crippen LogP contribution in [0.2, 0.25) is 0 Å². The van der Waals surface area contributed by atoms with E-state index in [1.807, 2.05) is 6.92 Å². The molecular weight excluding hydrogens is 224 g/mol. The van der Waals surface area contributed by atoms with E-state index in [4.69, 9.17) is 0 Å². The molecule has 0 heterocycles. The van der Waals surface area contributed by atoms with Gasteiger partial charge in [0.2, 0.25) is 0 Å². The third-order valence-electron chi connectivity index (χ3n) is 2.36. The topological polar surface area (TPSA) is 81.5 Å². The van der Waals surface area contributed by atoms with Crippen molar-refractivity contribution >= 4 is 17.3 Å². The lowest BCUT2D eigenvalue weighted by molar-refractivity contribution is -0.384. The first-order valence-electron chi connectivity index (χ1n) is 5.00. The van der Waals surface area contributed by atoms with Crippen LogP contribution >= 0.6 is 0 Å². The zero-order valence-electron chi connectivity index (χ0n) is 9.94. The number of nitro benzene ring substituents is 1. The summed E-state index contributed by atoms with van der Waals surface area (Å²) in [4.78, 5) is 21.7. The van der Waals surface area contributed by atoms with Crippen LogP contribution in [0.15, 0.2) is 12.1 Å². The van der Waals surface area contributed by atoms with Crippen LogP contribution in [0.3, 0.4) is 0 Å². The number of hydrogen-bond donors (Lipinski definition) is 1. The van der Waals surface area contributed by atoms with Crippen molar-refractivity contribution in [2.75, 3.05) is 19.0 Å². The van der Waals surface area contributed by atoms with Crippen LogP contribution in [0.25, 0.3) is 0 Å². The van der Waals surface area contributed by atoms with E-state index in [0.29, 0.717) is 0 Å². The van der Waals surface area contributed by atoms with Gasteiger partial charge in [-0.15, -0.1) is 0 Å². The zero-order valence-corrected chi connectivity index (χ0v) is 9.94. The Morgan fingerprint density at radius 3 is 2.53 bits per heavy atom. The maximum Gasteiger partial charge on any atom is 0.293 e. The minimum Gasteiger partial charge on any atom is -0.375 e. The average Bonchev–Trinajstić information content (AvgIpc) is 2.23. The highest BCUT2D eigenvalue weighted by Crippen LogP contribution is 2.27. The Balaban J connectivity index is 3.08. The highest BCUT2D eigenvalue weighted by atomic mass is 16.6. The summed E-state index contributed by atoms with van der Waals surface area (Å²) in [6.45, 7) is 3.47. The van der Waals surface area contributed by atoms with Crippen molar-refractivity contribution in [3.05, 3.63) is 33.4 Å². The number of nitro groups is 1. The van der Waals surface area contributed by atoms with Crippen LogP contribution in [0.4, 0.5) is 11.4 Å². The van der Waals surface area contributed by atoms with Gasteiger partial charge in [-0.2, -0.15) is 0 Å². The van der Waals surface area contributed by atoms with Gasteiger partial charge in [-0.3, -0.25) is 14.9 Å². The SMILES string of the molecule is COCC(=O)Nc1cc(C)c(C)cc1[N+](=O)[O-]. The highest BCUT2D eigenvalue weighted by Gasteiger charge is 2.17. The number of nitrogens with one attached hydrogen (secondary N) is 1. The van der Waals surface area contributed by atoms with E-state index >= 15 is 0 Å². The fourth-order valence-electron chi connectivity index (χ4n) is 1.37. The molecule has 1 aromatic carbocycles. The summed E-state index contributed by atoms with van der Waals surface area (Å²) in [5.74, 6) is -0.418. The second kappa shape index (κ2) is 5.40. The molecule has 0 aromatic heterocycles. The normalized spacial score (nSPS) is 10.1. The van der Waals surface area contributed by atoms with Crippen LogP contribution < -0.4 is 5.32 Å². The molecule has 0 saturated carbocycles. The zero-order chi connectivity index (χ0) is 13.0. The third kappa shape index (κ3) is 3.25. The van der Waals surface area contributed by atoms with Crippen molar-refractivity contribution in [2.24, 2.45) is 0 Å². The maximum atomic E-state index is 11.3. The Hall–Kier alpha value is -1.95. The third-order valence-corrected chi connectivity index (χ3v) is 2.36. The summed E-state index contributed by atoms with van der Waals surface area (Å²) in [6, 6.07) is 3.03. The molecule has 0 unspecified atom stereocenters. The van der Waals surface area contributed by atoms with Gasteiger partial charge in [-0.1, -0.05) is 0 Å². The summed E-state index contributed by atoms with van der Waals surface area (Å²) in [6.07, 6.45) is 0. The number of rotatable bonds is 4. The van der Waals surface area contributed by atoms with E-state index in [-0.39, 0.29) is 18.0 Å². The van der Waals surface area contributed by atoms with Crippen LogP contribution in [-0.4, -0.2) is 24.5 Å². The number of aryl methyl sites for hydroxylation is 2. The van der Waals surface area contributed by atoms with Crippen molar-refractivity contribution in [1.29, 1.82) is 0 Å². The quantitative estimate of drug-likeness (QED) is 0.640. The Labute approximate surface area is 98.7 Å². The van der Waals surface area contributed by atoms with Crippen molar-refractivity contribution in [3.8, 4) is 0 Å². The van der Waals surface area contributed by atoms with E-state index in [1.54, 1.807) is 13.0 Å². The predicted molar refractivity (Wildman–Crippen MR) is 63.1 cm³/mol. The molecule has 0 aliphatic carbocycles. The Kier molecular flexibility index (Phi) is 4.17. The van der Waals surface area contributed by atoms with Crippen molar-refractivity contribution < 1.29 is 14.5 Å². The van der Waals surface area contributed by atoms with Crippen LogP contribution in [0, 0.1) is 24.0 Å². The van der Waals surface area contributed by atoms with E-state index in [1.165, 1.54) is 13.2 Å². The van der Waals surface area contributed by atoms with Gasteiger partial charge in [0, 0.05) is 13.2 Å².